The average molecular weight is 421 g/mol. The van der Waals surface area contributed by atoms with Crippen LogP contribution in [0.4, 0.5) is 4.39 Å². The molecule has 0 aliphatic carbocycles. The summed E-state index contributed by atoms with van der Waals surface area (Å²) in [5.41, 5.74) is 0.595. The zero-order valence-corrected chi connectivity index (χ0v) is 17.3. The van der Waals surface area contributed by atoms with Crippen molar-refractivity contribution in [3.8, 4) is 0 Å². The molecule has 3 heterocycles. The van der Waals surface area contributed by atoms with E-state index in [1.54, 1.807) is 11.0 Å². The van der Waals surface area contributed by atoms with Crippen molar-refractivity contribution in [2.75, 3.05) is 46.5 Å². The zero-order valence-electron chi connectivity index (χ0n) is 16.5. The minimum absolute atomic E-state index is 0.102. The van der Waals surface area contributed by atoms with Crippen molar-refractivity contribution < 1.29 is 23.5 Å². The monoisotopic (exact) mass is 420 g/mol. The van der Waals surface area contributed by atoms with Crippen molar-refractivity contribution in [1.29, 1.82) is 0 Å². The van der Waals surface area contributed by atoms with Gasteiger partial charge in [0.05, 0.1) is 30.6 Å². The number of carbonyl (C=O) groups is 2. The summed E-state index contributed by atoms with van der Waals surface area (Å²) in [4.78, 5) is 30.3. The maximum absolute atomic E-state index is 14.4. The lowest BCUT2D eigenvalue weighted by atomic mass is 9.96. The predicted octanol–water partition coefficient (Wildman–Crippen LogP) is 2.90. The van der Waals surface area contributed by atoms with E-state index in [9.17, 15) is 14.0 Å². The molecule has 1 aromatic carbocycles. The van der Waals surface area contributed by atoms with Crippen molar-refractivity contribution in [2.45, 2.75) is 19.4 Å². The van der Waals surface area contributed by atoms with Crippen LogP contribution in [0.25, 0.3) is 10.1 Å². The van der Waals surface area contributed by atoms with Gasteiger partial charge in [-0.1, -0.05) is 6.07 Å². The lowest BCUT2D eigenvalue weighted by molar-refractivity contribution is -0.141. The first-order valence-corrected chi connectivity index (χ1v) is 10.8. The van der Waals surface area contributed by atoms with Crippen molar-refractivity contribution >= 4 is 33.2 Å². The summed E-state index contributed by atoms with van der Waals surface area (Å²) in [6.07, 6.45) is 1.57. The highest BCUT2D eigenvalue weighted by Crippen LogP contribution is 2.35. The normalized spacial score (nSPS) is 20.3. The van der Waals surface area contributed by atoms with E-state index in [-0.39, 0.29) is 30.2 Å². The minimum atomic E-state index is -0.344. The van der Waals surface area contributed by atoms with Gasteiger partial charge in [0.2, 0.25) is 5.91 Å². The number of thiophene rings is 1. The summed E-state index contributed by atoms with van der Waals surface area (Å²) in [6.45, 7) is 3.52. The highest BCUT2D eigenvalue weighted by Gasteiger charge is 2.33. The lowest BCUT2D eigenvalue weighted by Gasteiger charge is -2.36. The van der Waals surface area contributed by atoms with Crippen LogP contribution in [0, 0.1) is 11.7 Å². The van der Waals surface area contributed by atoms with Gasteiger partial charge in [0, 0.05) is 48.9 Å². The molecule has 6 nitrogen and oxygen atoms in total. The van der Waals surface area contributed by atoms with Gasteiger partial charge >= 0.3 is 0 Å². The van der Waals surface area contributed by atoms with E-state index in [0.717, 1.165) is 17.5 Å². The smallest absolute Gasteiger partial charge is 0.264 e. The number of benzene rings is 1. The van der Waals surface area contributed by atoms with E-state index in [1.807, 2.05) is 11.0 Å². The molecule has 1 atom stereocenters. The number of morpholine rings is 1. The number of likely N-dealkylation sites (tertiary alicyclic amines) is 1. The fourth-order valence-corrected chi connectivity index (χ4v) is 5.36. The third kappa shape index (κ3) is 4.01. The summed E-state index contributed by atoms with van der Waals surface area (Å²) in [7, 11) is 1.54. The van der Waals surface area contributed by atoms with E-state index in [2.05, 4.69) is 0 Å². The first-order chi connectivity index (χ1) is 14.1. The fourth-order valence-electron chi connectivity index (χ4n) is 4.17. The number of amides is 2. The fraction of sp³-hybridized carbons (Fsp3) is 0.524. The van der Waals surface area contributed by atoms with Gasteiger partial charge < -0.3 is 19.3 Å². The van der Waals surface area contributed by atoms with E-state index in [4.69, 9.17) is 9.47 Å². The van der Waals surface area contributed by atoms with Gasteiger partial charge in [0.25, 0.3) is 5.91 Å². The highest BCUT2D eigenvalue weighted by molar-refractivity contribution is 7.21. The number of piperidine rings is 1. The number of carbonyl (C=O) groups excluding carboxylic acids is 2. The zero-order chi connectivity index (χ0) is 20.4. The van der Waals surface area contributed by atoms with E-state index >= 15 is 0 Å². The Morgan fingerprint density at radius 3 is 2.79 bits per heavy atom. The Bertz CT molecular complexity index is 909. The molecule has 2 aliphatic heterocycles. The summed E-state index contributed by atoms with van der Waals surface area (Å²) in [5.74, 6) is -0.575. The number of methoxy groups -OCH3 is 1. The maximum atomic E-state index is 14.4. The molecular formula is C21H25FN2O4S. The molecule has 0 radical (unpaired) electrons. The number of halogens is 1. The number of rotatable bonds is 4. The quantitative estimate of drug-likeness (QED) is 0.763. The van der Waals surface area contributed by atoms with Crippen molar-refractivity contribution in [3.63, 3.8) is 0 Å². The molecule has 4 rings (SSSR count). The molecule has 0 spiro atoms. The van der Waals surface area contributed by atoms with Crippen LogP contribution in [0.1, 0.15) is 28.1 Å². The molecule has 1 unspecified atom stereocenters. The first-order valence-electron chi connectivity index (χ1n) is 9.94. The minimum Gasteiger partial charge on any atom is -0.380 e. The summed E-state index contributed by atoms with van der Waals surface area (Å²) in [5, 5.41) is 0.459. The van der Waals surface area contributed by atoms with Gasteiger partial charge in [-0.25, -0.2) is 4.39 Å². The molecule has 0 bridgehead atoms. The molecule has 8 heteroatoms. The summed E-state index contributed by atoms with van der Waals surface area (Å²) >= 11 is 1.29. The van der Waals surface area contributed by atoms with Crippen LogP contribution in [0.5, 0.6) is 0 Å². The Labute approximate surface area is 173 Å². The second kappa shape index (κ2) is 8.77. The Morgan fingerprint density at radius 1 is 1.24 bits per heavy atom. The standard InChI is InChI=1S/C21H25FN2O4S/c1-27-13-15-18-16(22)5-2-6-17(18)29-19(15)21(26)24-7-3-4-14(12-24)20(25)23-8-10-28-11-9-23/h2,5-6,14H,3-4,7-13H2,1H3. The van der Waals surface area contributed by atoms with Gasteiger partial charge in [-0.3, -0.25) is 9.59 Å². The van der Waals surface area contributed by atoms with Crippen LogP contribution in [-0.4, -0.2) is 68.1 Å². The molecule has 29 heavy (non-hydrogen) atoms. The van der Waals surface area contributed by atoms with Crippen LogP contribution in [-0.2, 0) is 20.9 Å². The number of hydrogen-bond acceptors (Lipinski definition) is 5. The highest BCUT2D eigenvalue weighted by atomic mass is 32.1. The van der Waals surface area contributed by atoms with Crippen LogP contribution in [0.3, 0.4) is 0 Å². The largest absolute Gasteiger partial charge is 0.380 e. The summed E-state index contributed by atoms with van der Waals surface area (Å²) in [6, 6.07) is 4.87. The molecule has 156 valence electrons. The number of fused-ring (bicyclic) bond motifs is 1. The topological polar surface area (TPSA) is 59.1 Å². The van der Waals surface area contributed by atoms with E-state index < -0.39 is 0 Å². The SMILES string of the molecule is COCc1c(C(=O)N2CCCC(C(=O)N3CCOCC3)C2)sc2cccc(F)c12. The maximum Gasteiger partial charge on any atom is 0.264 e. The Kier molecular flexibility index (Phi) is 6.12. The van der Waals surface area contributed by atoms with Crippen molar-refractivity contribution in [3.05, 3.63) is 34.5 Å². The van der Waals surface area contributed by atoms with Gasteiger partial charge in [0.1, 0.15) is 5.82 Å². The van der Waals surface area contributed by atoms with Crippen LogP contribution >= 0.6 is 11.3 Å². The number of hydrogen-bond donors (Lipinski definition) is 0. The molecule has 1 aromatic heterocycles. The Balaban J connectivity index is 1.57. The third-order valence-electron chi connectivity index (χ3n) is 5.63. The van der Waals surface area contributed by atoms with Crippen LogP contribution < -0.4 is 0 Å². The van der Waals surface area contributed by atoms with Crippen molar-refractivity contribution in [1.82, 2.24) is 9.80 Å². The van der Waals surface area contributed by atoms with Crippen LogP contribution in [0.2, 0.25) is 0 Å². The van der Waals surface area contributed by atoms with Crippen LogP contribution in [0.15, 0.2) is 18.2 Å². The molecule has 2 fully saturated rings. The van der Waals surface area contributed by atoms with Gasteiger partial charge in [-0.05, 0) is 25.0 Å². The Morgan fingerprint density at radius 2 is 2.03 bits per heavy atom. The third-order valence-corrected chi connectivity index (χ3v) is 6.81. The van der Waals surface area contributed by atoms with E-state index in [1.165, 1.54) is 24.5 Å². The lowest BCUT2D eigenvalue weighted by Crippen LogP contribution is -2.49. The van der Waals surface area contributed by atoms with Crippen molar-refractivity contribution in [2.24, 2.45) is 5.92 Å². The second-order valence-corrected chi connectivity index (χ2v) is 8.54. The molecular weight excluding hydrogens is 395 g/mol. The Hall–Kier alpha value is -2.03. The predicted molar refractivity (Wildman–Crippen MR) is 109 cm³/mol. The first kappa shape index (κ1) is 20.3. The molecule has 2 amide bonds. The molecule has 2 saturated heterocycles. The molecule has 2 aliphatic rings. The average Bonchev–Trinajstić information content (AvgIpc) is 3.13. The molecule has 0 N–H and O–H groups in total. The molecule has 0 saturated carbocycles. The summed E-state index contributed by atoms with van der Waals surface area (Å²) < 4.78 is 25.8. The number of nitrogens with zero attached hydrogens (tertiary/aromatic N) is 2. The second-order valence-electron chi connectivity index (χ2n) is 7.48. The van der Waals surface area contributed by atoms with E-state index in [0.29, 0.717) is 55.2 Å². The number of ether oxygens (including phenoxy) is 2. The van der Waals surface area contributed by atoms with Gasteiger partial charge in [0.15, 0.2) is 0 Å². The molecule has 2 aromatic rings. The van der Waals surface area contributed by atoms with Gasteiger partial charge in [-0.2, -0.15) is 0 Å². The van der Waals surface area contributed by atoms with Gasteiger partial charge in [-0.15, -0.1) is 11.3 Å².